The first-order valence-corrected chi connectivity index (χ1v) is 4.11. The maximum Gasteiger partial charge on any atom is 0.132 e. The summed E-state index contributed by atoms with van der Waals surface area (Å²) >= 11 is 0. The Morgan fingerprint density at radius 1 is 1.38 bits per heavy atom. The fourth-order valence-corrected chi connectivity index (χ4v) is 1.18. The van der Waals surface area contributed by atoms with Gasteiger partial charge in [0.05, 0.1) is 0 Å². The lowest BCUT2D eigenvalue weighted by Crippen LogP contribution is -2.19. The quantitative estimate of drug-likeness (QED) is 0.706. The van der Waals surface area contributed by atoms with Gasteiger partial charge in [-0.2, -0.15) is 0 Å². The fourth-order valence-electron chi connectivity index (χ4n) is 1.18. The monoisotopic (exact) mass is 174 g/mol. The minimum Gasteiger partial charge on any atom is -0.508 e. The molecule has 0 radical (unpaired) electrons. The standard InChI is InChI=1S/C10H10N2O/c13-9-4-7-12(8-5-9)10-3-1-2-6-11-10/h1-7,13H,8H2. The lowest BCUT2D eigenvalue weighted by Gasteiger charge is -2.19. The fraction of sp³-hybridized carbons (Fsp3) is 0.100. The number of aliphatic hydroxyl groups excluding tert-OH is 1. The first kappa shape index (κ1) is 7.86. The van der Waals surface area contributed by atoms with Gasteiger partial charge in [-0.25, -0.2) is 4.98 Å². The van der Waals surface area contributed by atoms with Crippen molar-refractivity contribution >= 4 is 5.82 Å². The van der Waals surface area contributed by atoms with Crippen molar-refractivity contribution in [3.05, 3.63) is 48.5 Å². The molecule has 2 heterocycles. The lowest BCUT2D eigenvalue weighted by molar-refractivity contribution is 0.428. The Hall–Kier alpha value is -1.77. The van der Waals surface area contributed by atoms with Crippen molar-refractivity contribution in [2.75, 3.05) is 11.4 Å². The van der Waals surface area contributed by atoms with Crippen molar-refractivity contribution in [2.45, 2.75) is 0 Å². The van der Waals surface area contributed by atoms with Gasteiger partial charge in [0.2, 0.25) is 0 Å². The van der Waals surface area contributed by atoms with Crippen molar-refractivity contribution in [3.8, 4) is 0 Å². The molecule has 66 valence electrons. The van der Waals surface area contributed by atoms with Crippen LogP contribution in [-0.2, 0) is 0 Å². The summed E-state index contributed by atoms with van der Waals surface area (Å²) in [6.07, 6.45) is 6.96. The molecule has 1 aliphatic rings. The van der Waals surface area contributed by atoms with Crippen LogP contribution in [0.4, 0.5) is 5.82 Å². The van der Waals surface area contributed by atoms with Gasteiger partial charge in [0.25, 0.3) is 0 Å². The maximum atomic E-state index is 9.10. The zero-order valence-corrected chi connectivity index (χ0v) is 7.09. The minimum absolute atomic E-state index is 0.312. The van der Waals surface area contributed by atoms with Gasteiger partial charge in [0.15, 0.2) is 0 Å². The number of aromatic nitrogens is 1. The molecule has 0 amide bonds. The van der Waals surface area contributed by atoms with E-state index in [1.54, 1.807) is 18.3 Å². The Morgan fingerprint density at radius 3 is 2.92 bits per heavy atom. The summed E-state index contributed by atoms with van der Waals surface area (Å²) in [5.74, 6) is 1.20. The number of hydrogen-bond acceptors (Lipinski definition) is 3. The molecule has 0 saturated carbocycles. The highest BCUT2D eigenvalue weighted by atomic mass is 16.3. The summed E-state index contributed by atoms with van der Waals surface area (Å²) < 4.78 is 0. The van der Waals surface area contributed by atoms with Gasteiger partial charge in [-0.15, -0.1) is 0 Å². The van der Waals surface area contributed by atoms with E-state index in [1.165, 1.54) is 0 Å². The second-order valence-corrected chi connectivity index (χ2v) is 2.79. The van der Waals surface area contributed by atoms with Crippen LogP contribution in [0.1, 0.15) is 0 Å². The van der Waals surface area contributed by atoms with Crippen LogP contribution < -0.4 is 4.90 Å². The number of anilines is 1. The number of hydrogen-bond donors (Lipinski definition) is 1. The van der Waals surface area contributed by atoms with E-state index in [1.807, 2.05) is 29.3 Å². The Bertz CT molecular complexity index is 343. The van der Waals surface area contributed by atoms with E-state index < -0.39 is 0 Å². The first-order valence-electron chi connectivity index (χ1n) is 4.11. The van der Waals surface area contributed by atoms with Gasteiger partial charge in [0.1, 0.15) is 11.6 Å². The molecule has 0 aromatic carbocycles. The highest BCUT2D eigenvalue weighted by Gasteiger charge is 2.05. The molecule has 0 aliphatic carbocycles. The molecule has 3 nitrogen and oxygen atoms in total. The summed E-state index contributed by atoms with van der Waals surface area (Å²) in [5.41, 5.74) is 0. The summed E-state index contributed by atoms with van der Waals surface area (Å²) in [7, 11) is 0. The molecule has 0 unspecified atom stereocenters. The predicted octanol–water partition coefficient (Wildman–Crippen LogP) is 1.86. The molecule has 3 heteroatoms. The Kier molecular flexibility index (Phi) is 2.00. The summed E-state index contributed by atoms with van der Waals surface area (Å²) in [6, 6.07) is 5.75. The van der Waals surface area contributed by atoms with Gasteiger partial charge < -0.3 is 10.0 Å². The van der Waals surface area contributed by atoms with E-state index >= 15 is 0 Å². The number of pyridine rings is 1. The Balaban J connectivity index is 2.18. The van der Waals surface area contributed by atoms with Crippen LogP contribution in [0.3, 0.4) is 0 Å². The summed E-state index contributed by atoms with van der Waals surface area (Å²) in [5, 5.41) is 9.10. The van der Waals surface area contributed by atoms with Gasteiger partial charge in [-0.3, -0.25) is 0 Å². The molecule has 0 saturated heterocycles. The molecular formula is C10H10N2O. The largest absolute Gasteiger partial charge is 0.508 e. The molecule has 0 spiro atoms. The molecular weight excluding hydrogens is 164 g/mol. The first-order chi connectivity index (χ1) is 6.36. The van der Waals surface area contributed by atoms with E-state index in [0.29, 0.717) is 12.3 Å². The third-order valence-electron chi connectivity index (χ3n) is 1.87. The third kappa shape index (κ3) is 1.69. The average molecular weight is 174 g/mol. The van der Waals surface area contributed by atoms with Gasteiger partial charge in [0, 0.05) is 18.9 Å². The highest BCUT2D eigenvalue weighted by Crippen LogP contribution is 2.13. The second kappa shape index (κ2) is 3.31. The molecule has 2 rings (SSSR count). The molecule has 0 fully saturated rings. The van der Waals surface area contributed by atoms with Crippen molar-refractivity contribution in [1.29, 1.82) is 0 Å². The zero-order valence-electron chi connectivity index (χ0n) is 7.09. The van der Waals surface area contributed by atoms with E-state index in [-0.39, 0.29) is 0 Å². The third-order valence-corrected chi connectivity index (χ3v) is 1.87. The van der Waals surface area contributed by atoms with E-state index in [0.717, 1.165) is 5.82 Å². The second-order valence-electron chi connectivity index (χ2n) is 2.79. The van der Waals surface area contributed by atoms with Crippen LogP contribution in [0.25, 0.3) is 0 Å². The molecule has 1 aromatic heterocycles. The molecule has 0 atom stereocenters. The SMILES string of the molecule is OC1=CCN(c2ccccn2)C=C1. The van der Waals surface area contributed by atoms with Gasteiger partial charge in [-0.1, -0.05) is 6.07 Å². The van der Waals surface area contributed by atoms with Crippen LogP contribution in [-0.4, -0.2) is 16.6 Å². The minimum atomic E-state index is 0.312. The zero-order chi connectivity index (χ0) is 9.10. The molecule has 13 heavy (non-hydrogen) atoms. The van der Waals surface area contributed by atoms with Crippen LogP contribution in [0, 0.1) is 0 Å². The van der Waals surface area contributed by atoms with Crippen LogP contribution in [0.15, 0.2) is 48.5 Å². The molecule has 1 aromatic rings. The average Bonchev–Trinajstić information content (AvgIpc) is 2.20. The van der Waals surface area contributed by atoms with E-state index in [4.69, 9.17) is 5.11 Å². The van der Waals surface area contributed by atoms with Crippen LogP contribution in [0.5, 0.6) is 0 Å². The van der Waals surface area contributed by atoms with E-state index in [2.05, 4.69) is 4.98 Å². The van der Waals surface area contributed by atoms with Crippen LogP contribution >= 0.6 is 0 Å². The maximum absolute atomic E-state index is 9.10. The topological polar surface area (TPSA) is 36.4 Å². The highest BCUT2D eigenvalue weighted by molar-refractivity contribution is 5.45. The van der Waals surface area contributed by atoms with Crippen LogP contribution in [0.2, 0.25) is 0 Å². The number of aliphatic hydroxyl groups is 1. The van der Waals surface area contributed by atoms with Crippen molar-refractivity contribution in [3.63, 3.8) is 0 Å². The smallest absolute Gasteiger partial charge is 0.132 e. The summed E-state index contributed by atoms with van der Waals surface area (Å²) in [6.45, 7) is 0.666. The van der Waals surface area contributed by atoms with E-state index in [9.17, 15) is 0 Å². The van der Waals surface area contributed by atoms with Crippen molar-refractivity contribution in [1.82, 2.24) is 4.98 Å². The van der Waals surface area contributed by atoms with Crippen molar-refractivity contribution in [2.24, 2.45) is 0 Å². The molecule has 1 aliphatic heterocycles. The normalized spacial score (nSPS) is 15.7. The van der Waals surface area contributed by atoms with Gasteiger partial charge >= 0.3 is 0 Å². The van der Waals surface area contributed by atoms with Gasteiger partial charge in [-0.05, 0) is 24.3 Å². The summed E-state index contributed by atoms with van der Waals surface area (Å²) in [4.78, 5) is 6.15. The lowest BCUT2D eigenvalue weighted by atomic mass is 10.3. The predicted molar refractivity (Wildman–Crippen MR) is 51.4 cm³/mol. The number of nitrogens with zero attached hydrogens (tertiary/aromatic N) is 2. The number of rotatable bonds is 1. The van der Waals surface area contributed by atoms with Crippen molar-refractivity contribution < 1.29 is 5.11 Å². The number of allylic oxidation sites excluding steroid dienone is 1. The molecule has 0 bridgehead atoms. The Labute approximate surface area is 76.6 Å². The Morgan fingerprint density at radius 2 is 2.31 bits per heavy atom. The molecule has 1 N–H and O–H groups in total.